The van der Waals surface area contributed by atoms with Crippen LogP contribution in [0.4, 0.5) is 0 Å². The fourth-order valence-electron chi connectivity index (χ4n) is 2.66. The van der Waals surface area contributed by atoms with Gasteiger partial charge in [0.05, 0.1) is 0 Å². The first-order valence-electron chi connectivity index (χ1n) is 6.96. The van der Waals surface area contributed by atoms with Crippen molar-refractivity contribution in [2.45, 2.75) is 12.6 Å². The summed E-state index contributed by atoms with van der Waals surface area (Å²) in [6, 6.07) is 10.7. The molecule has 0 spiro atoms. The first kappa shape index (κ1) is 13.5. The molecule has 0 saturated carbocycles. The summed E-state index contributed by atoms with van der Waals surface area (Å²) < 4.78 is 0. The van der Waals surface area contributed by atoms with Crippen molar-refractivity contribution in [1.29, 1.82) is 0 Å². The average Bonchev–Trinajstić information content (AvgIpc) is 2.42. The van der Waals surface area contributed by atoms with Crippen LogP contribution in [0.1, 0.15) is 5.56 Å². The fourth-order valence-corrected chi connectivity index (χ4v) is 2.66. The van der Waals surface area contributed by atoms with Gasteiger partial charge in [-0.05, 0) is 0 Å². The van der Waals surface area contributed by atoms with Crippen LogP contribution < -0.4 is 15.5 Å². The Kier molecular flexibility index (Phi) is 5.13. The Morgan fingerprint density at radius 3 is 2.28 bits per heavy atom. The monoisotopic (exact) mass is 252 g/mol. The molecule has 0 radical (unpaired) electrons. The Morgan fingerprint density at radius 2 is 1.67 bits per heavy atom. The lowest BCUT2D eigenvalue weighted by molar-refractivity contribution is -1.02. The van der Waals surface area contributed by atoms with Crippen molar-refractivity contribution < 1.29 is 20.6 Å². The highest BCUT2D eigenvalue weighted by atomic mass is 16.3. The average molecular weight is 252 g/mol. The van der Waals surface area contributed by atoms with Crippen molar-refractivity contribution in [1.82, 2.24) is 0 Å². The maximum Gasteiger partial charge on any atom is 0.151 e. The van der Waals surface area contributed by atoms with Gasteiger partial charge in [-0.3, -0.25) is 0 Å². The molecule has 0 aliphatic carbocycles. The van der Waals surface area contributed by atoms with Gasteiger partial charge in [-0.1, -0.05) is 30.3 Å². The van der Waals surface area contributed by atoms with E-state index in [-0.39, 0.29) is 6.10 Å². The number of piperazine rings is 1. The minimum atomic E-state index is -0.226. The molecule has 0 aromatic heterocycles. The molecule has 18 heavy (non-hydrogen) atoms. The molecule has 1 aliphatic heterocycles. The molecule has 1 aliphatic rings. The number of aliphatic hydroxyl groups is 1. The molecule has 2 rings (SSSR count). The summed E-state index contributed by atoms with van der Waals surface area (Å²) in [5, 5.41) is 9.62. The summed E-state index contributed by atoms with van der Waals surface area (Å²) in [6.07, 6.45) is -0.226. The van der Waals surface area contributed by atoms with Crippen LogP contribution in [0, 0.1) is 0 Å². The molecule has 1 fully saturated rings. The molecule has 4 nitrogen and oxygen atoms in total. The van der Waals surface area contributed by atoms with Crippen molar-refractivity contribution in [3.63, 3.8) is 0 Å². The lowest BCUT2D eigenvalue weighted by atomic mass is 10.2. The number of benzene rings is 1. The number of rotatable bonds is 5. The zero-order chi connectivity index (χ0) is 12.8. The van der Waals surface area contributed by atoms with E-state index in [9.17, 15) is 5.11 Å². The van der Waals surface area contributed by atoms with Crippen molar-refractivity contribution in [3.05, 3.63) is 35.9 Å². The van der Waals surface area contributed by atoms with E-state index in [1.165, 1.54) is 36.6 Å². The number of hydrogen-bond donors (Lipinski definition) is 4. The van der Waals surface area contributed by atoms with Crippen LogP contribution in [0.25, 0.3) is 0 Å². The van der Waals surface area contributed by atoms with Gasteiger partial charge in [0, 0.05) is 5.56 Å². The predicted molar refractivity (Wildman–Crippen MR) is 70.2 cm³/mol. The summed E-state index contributed by atoms with van der Waals surface area (Å²) in [5.74, 6) is 0. The van der Waals surface area contributed by atoms with Crippen LogP contribution in [0.5, 0.6) is 0 Å². The third-order valence-electron chi connectivity index (χ3n) is 3.82. The first-order chi connectivity index (χ1) is 8.78. The Morgan fingerprint density at radius 1 is 1.06 bits per heavy atom. The zero-order valence-electron chi connectivity index (χ0n) is 11.1. The van der Waals surface area contributed by atoms with E-state index >= 15 is 0 Å². The molecule has 4 heteroatoms. The molecular formula is C14H26N3O+3. The van der Waals surface area contributed by atoms with Crippen molar-refractivity contribution in [2.24, 2.45) is 0 Å². The standard InChI is InChI=1S/C14H23N3O/c15-10-14(18)12-17-8-6-16(7-9-17)11-13-4-2-1-3-5-13/h1-5,14,18H,6-12,15H2/p+3/t14-/m0/s1. The highest BCUT2D eigenvalue weighted by Crippen LogP contribution is 1.95. The van der Waals surface area contributed by atoms with E-state index in [1.807, 2.05) is 0 Å². The molecular weight excluding hydrogens is 226 g/mol. The normalized spacial score (nSPS) is 25.9. The van der Waals surface area contributed by atoms with Gasteiger partial charge in [0.2, 0.25) is 0 Å². The maximum atomic E-state index is 9.62. The maximum absolute atomic E-state index is 9.62. The molecule has 0 unspecified atom stereocenters. The Bertz CT molecular complexity index is 336. The number of quaternary nitrogens is 3. The fraction of sp³-hybridized carbons (Fsp3) is 0.571. The SMILES string of the molecule is [NH3+]C[C@H](O)C[NH+]1CC[NH+](Cc2ccccc2)CC1. The molecule has 0 amide bonds. The van der Waals surface area contributed by atoms with Crippen LogP contribution in [0.3, 0.4) is 0 Å². The van der Waals surface area contributed by atoms with Crippen molar-refractivity contribution in [3.8, 4) is 0 Å². The first-order valence-corrected chi connectivity index (χ1v) is 6.96. The molecule has 6 N–H and O–H groups in total. The summed E-state index contributed by atoms with van der Waals surface area (Å²) in [7, 11) is 0. The van der Waals surface area contributed by atoms with Crippen LogP contribution >= 0.6 is 0 Å². The quantitative estimate of drug-likeness (QED) is 0.433. The second-order valence-corrected chi connectivity index (χ2v) is 5.31. The molecule has 1 aromatic carbocycles. The van der Waals surface area contributed by atoms with Gasteiger partial charge in [0.25, 0.3) is 0 Å². The van der Waals surface area contributed by atoms with Crippen molar-refractivity contribution in [2.75, 3.05) is 39.3 Å². The molecule has 1 saturated heterocycles. The highest BCUT2D eigenvalue weighted by molar-refractivity contribution is 5.13. The second-order valence-electron chi connectivity index (χ2n) is 5.31. The summed E-state index contributed by atoms with van der Waals surface area (Å²) in [6.45, 7) is 7.36. The molecule has 0 bridgehead atoms. The Hall–Kier alpha value is -0.940. The molecule has 1 atom stereocenters. The van der Waals surface area contributed by atoms with E-state index in [2.05, 4.69) is 36.1 Å². The van der Waals surface area contributed by atoms with E-state index in [0.717, 1.165) is 13.1 Å². The number of hydrogen-bond acceptors (Lipinski definition) is 1. The highest BCUT2D eigenvalue weighted by Gasteiger charge is 2.24. The van der Waals surface area contributed by atoms with Gasteiger partial charge in [-0.15, -0.1) is 0 Å². The lowest BCUT2D eigenvalue weighted by Crippen LogP contribution is -3.28. The lowest BCUT2D eigenvalue weighted by Gasteiger charge is -2.30. The van der Waals surface area contributed by atoms with Crippen LogP contribution in [-0.4, -0.2) is 50.5 Å². The Balaban J connectivity index is 1.73. The summed E-state index contributed by atoms with van der Waals surface area (Å²) in [5.41, 5.74) is 5.18. The van der Waals surface area contributed by atoms with Crippen LogP contribution in [0.2, 0.25) is 0 Å². The second kappa shape index (κ2) is 6.85. The minimum Gasteiger partial charge on any atom is -0.382 e. The summed E-state index contributed by atoms with van der Waals surface area (Å²) in [4.78, 5) is 3.19. The number of nitrogens with one attached hydrogen (secondary N) is 2. The third-order valence-corrected chi connectivity index (χ3v) is 3.82. The van der Waals surface area contributed by atoms with Crippen LogP contribution in [0.15, 0.2) is 30.3 Å². The minimum absolute atomic E-state index is 0.226. The van der Waals surface area contributed by atoms with Gasteiger partial charge in [-0.25, -0.2) is 0 Å². The molecule has 100 valence electrons. The summed E-state index contributed by atoms with van der Waals surface area (Å²) >= 11 is 0. The largest absolute Gasteiger partial charge is 0.382 e. The molecule has 1 heterocycles. The zero-order valence-corrected chi connectivity index (χ0v) is 11.1. The van der Waals surface area contributed by atoms with Gasteiger partial charge < -0.3 is 20.6 Å². The number of aliphatic hydroxyl groups excluding tert-OH is 1. The van der Waals surface area contributed by atoms with Gasteiger partial charge in [-0.2, -0.15) is 0 Å². The van der Waals surface area contributed by atoms with E-state index in [4.69, 9.17) is 0 Å². The van der Waals surface area contributed by atoms with E-state index in [0.29, 0.717) is 6.54 Å². The van der Waals surface area contributed by atoms with Crippen LogP contribution in [-0.2, 0) is 6.54 Å². The van der Waals surface area contributed by atoms with Gasteiger partial charge in [0.1, 0.15) is 45.8 Å². The third kappa shape index (κ3) is 4.07. The van der Waals surface area contributed by atoms with Gasteiger partial charge >= 0.3 is 0 Å². The smallest absolute Gasteiger partial charge is 0.151 e. The van der Waals surface area contributed by atoms with Gasteiger partial charge in [0.15, 0.2) is 6.10 Å². The molecule has 1 aromatic rings. The Labute approximate surface area is 109 Å². The predicted octanol–water partition coefficient (Wildman–Crippen LogP) is -3.43. The topological polar surface area (TPSA) is 56.8 Å². The van der Waals surface area contributed by atoms with E-state index < -0.39 is 0 Å². The van der Waals surface area contributed by atoms with E-state index in [1.54, 1.807) is 4.90 Å². The van der Waals surface area contributed by atoms with Crippen molar-refractivity contribution >= 4 is 0 Å².